The molecule has 1 fully saturated rings. The van der Waals surface area contributed by atoms with Gasteiger partial charge in [-0.15, -0.1) is 0 Å². The van der Waals surface area contributed by atoms with Crippen LogP contribution < -0.4 is 16.4 Å². The molecular formula is C25H33N5O3. The molecule has 8 nitrogen and oxygen atoms in total. The van der Waals surface area contributed by atoms with Crippen LogP contribution in [0.3, 0.4) is 0 Å². The quantitative estimate of drug-likeness (QED) is 0.480. The lowest BCUT2D eigenvalue weighted by Crippen LogP contribution is -2.41. The van der Waals surface area contributed by atoms with Gasteiger partial charge in [0.2, 0.25) is 11.8 Å². The maximum absolute atomic E-state index is 12.1. The largest absolute Gasteiger partial charge is 0.391 e. The molecule has 0 bridgehead atoms. The molecule has 1 aromatic carbocycles. The molecule has 4 rings (SSSR count). The van der Waals surface area contributed by atoms with Gasteiger partial charge in [0.1, 0.15) is 5.82 Å². The van der Waals surface area contributed by atoms with Gasteiger partial charge in [0.15, 0.2) is 0 Å². The van der Waals surface area contributed by atoms with E-state index in [1.165, 1.54) is 11.1 Å². The number of aromatic nitrogens is 1. The molecule has 0 radical (unpaired) electrons. The van der Waals surface area contributed by atoms with E-state index in [0.29, 0.717) is 42.6 Å². The van der Waals surface area contributed by atoms with Gasteiger partial charge < -0.3 is 26.4 Å². The summed E-state index contributed by atoms with van der Waals surface area (Å²) in [6.07, 6.45) is 4.66. The second-order valence-electron chi connectivity index (χ2n) is 9.11. The highest BCUT2D eigenvalue weighted by Gasteiger charge is 2.25. The summed E-state index contributed by atoms with van der Waals surface area (Å²) in [5.41, 5.74) is 9.36. The third-order valence-corrected chi connectivity index (χ3v) is 6.74. The minimum atomic E-state index is -0.684. The number of piperidine rings is 1. The topological polar surface area (TPSA) is 121 Å². The third kappa shape index (κ3) is 5.69. The number of anilines is 1. The van der Waals surface area contributed by atoms with Crippen LogP contribution in [0.5, 0.6) is 0 Å². The van der Waals surface area contributed by atoms with E-state index >= 15 is 0 Å². The van der Waals surface area contributed by atoms with E-state index in [1.807, 2.05) is 4.90 Å². The smallest absolute Gasteiger partial charge is 0.249 e. The molecule has 1 aromatic heterocycles. The molecular weight excluding hydrogens is 418 g/mol. The number of carbonyl (C=O) groups excluding carboxylic acids is 2. The second-order valence-corrected chi connectivity index (χ2v) is 9.11. The van der Waals surface area contributed by atoms with Gasteiger partial charge in [-0.25, -0.2) is 4.98 Å². The van der Waals surface area contributed by atoms with E-state index in [9.17, 15) is 14.7 Å². The first-order chi connectivity index (χ1) is 15.9. The van der Waals surface area contributed by atoms with E-state index in [0.717, 1.165) is 25.7 Å². The van der Waals surface area contributed by atoms with Crippen molar-refractivity contribution >= 4 is 17.6 Å². The number of hydrogen-bond donors (Lipinski definition) is 4. The fourth-order valence-corrected chi connectivity index (χ4v) is 4.90. The summed E-state index contributed by atoms with van der Waals surface area (Å²) in [4.78, 5) is 30.0. The van der Waals surface area contributed by atoms with Gasteiger partial charge in [0.25, 0.3) is 0 Å². The first-order valence-electron chi connectivity index (χ1n) is 11.7. The van der Waals surface area contributed by atoms with E-state index in [-0.39, 0.29) is 18.4 Å². The number of nitrogens with zero attached hydrogens (tertiary/aromatic N) is 2. The predicted molar refractivity (Wildman–Crippen MR) is 127 cm³/mol. The molecule has 0 spiro atoms. The number of benzene rings is 1. The molecule has 5 N–H and O–H groups in total. The summed E-state index contributed by atoms with van der Waals surface area (Å²) in [5.74, 6) is 0.136. The molecule has 33 heavy (non-hydrogen) atoms. The molecule has 1 saturated heterocycles. The minimum Gasteiger partial charge on any atom is -0.391 e. The Morgan fingerprint density at radius 3 is 2.42 bits per heavy atom. The van der Waals surface area contributed by atoms with Crippen LogP contribution in [0.15, 0.2) is 36.5 Å². The Morgan fingerprint density at radius 1 is 1.15 bits per heavy atom. The molecule has 1 aliphatic carbocycles. The molecule has 1 aliphatic heterocycles. The Kier molecular flexibility index (Phi) is 7.25. The molecule has 8 heteroatoms. The molecule has 0 saturated carbocycles. The van der Waals surface area contributed by atoms with Crippen molar-refractivity contribution in [2.75, 3.05) is 25.0 Å². The van der Waals surface area contributed by atoms with Crippen LogP contribution >= 0.6 is 0 Å². The van der Waals surface area contributed by atoms with Crippen LogP contribution in [0.2, 0.25) is 0 Å². The van der Waals surface area contributed by atoms with Crippen LogP contribution in [0.4, 0.5) is 5.82 Å². The number of amides is 2. The van der Waals surface area contributed by atoms with Crippen LogP contribution in [-0.4, -0.2) is 64.6 Å². The number of aliphatic hydroxyl groups excluding tert-OH is 1. The molecule has 1 unspecified atom stereocenters. The summed E-state index contributed by atoms with van der Waals surface area (Å²) in [6, 6.07) is 10.5. The summed E-state index contributed by atoms with van der Waals surface area (Å²) in [5, 5.41) is 17.7. The minimum absolute atomic E-state index is 0.0870. The van der Waals surface area contributed by atoms with Crippen molar-refractivity contribution in [3.63, 3.8) is 0 Å². The van der Waals surface area contributed by atoms with Gasteiger partial charge in [-0.3, -0.25) is 9.59 Å². The zero-order valence-electron chi connectivity index (χ0n) is 19.1. The maximum Gasteiger partial charge on any atom is 0.249 e. The standard InChI is InChI=1S/C25H33N5O3/c1-16(31)30-10-7-19(8-11-30)29-25-23(22(24(26)33)6-9-27-25)14-21(32)15-28-20-12-17-4-2-3-5-18(17)13-20/h2-6,9,19-21,28,32H,7-8,10-15H2,1H3,(H2,26,33)(H,27,29). The van der Waals surface area contributed by atoms with E-state index in [1.54, 1.807) is 19.2 Å². The Bertz CT molecular complexity index is 978. The molecule has 2 amide bonds. The number of nitrogens with two attached hydrogens (primary N) is 1. The van der Waals surface area contributed by atoms with Crippen molar-refractivity contribution < 1.29 is 14.7 Å². The summed E-state index contributed by atoms with van der Waals surface area (Å²) in [6.45, 7) is 3.38. The lowest BCUT2D eigenvalue weighted by molar-refractivity contribution is -0.129. The third-order valence-electron chi connectivity index (χ3n) is 6.74. The zero-order valence-corrected chi connectivity index (χ0v) is 19.1. The zero-order chi connectivity index (χ0) is 23.4. The van der Waals surface area contributed by atoms with Crippen molar-refractivity contribution in [2.24, 2.45) is 5.73 Å². The Hall–Kier alpha value is -2.97. The van der Waals surface area contributed by atoms with Crippen molar-refractivity contribution in [3.05, 3.63) is 58.8 Å². The van der Waals surface area contributed by atoms with E-state index in [2.05, 4.69) is 39.9 Å². The monoisotopic (exact) mass is 451 g/mol. The molecule has 2 aliphatic rings. The normalized spacial score (nSPS) is 17.6. The maximum atomic E-state index is 12.1. The lowest BCUT2D eigenvalue weighted by atomic mass is 10.00. The van der Waals surface area contributed by atoms with Gasteiger partial charge in [-0.2, -0.15) is 0 Å². The van der Waals surface area contributed by atoms with Gasteiger partial charge in [-0.05, 0) is 42.9 Å². The van der Waals surface area contributed by atoms with E-state index in [4.69, 9.17) is 5.73 Å². The summed E-state index contributed by atoms with van der Waals surface area (Å²) < 4.78 is 0. The first-order valence-corrected chi connectivity index (χ1v) is 11.7. The SMILES string of the molecule is CC(=O)N1CCC(Nc2nccc(C(N)=O)c2CC(O)CNC2Cc3ccccc3C2)CC1. The highest BCUT2D eigenvalue weighted by molar-refractivity contribution is 5.95. The molecule has 2 heterocycles. The summed E-state index contributed by atoms with van der Waals surface area (Å²) in [7, 11) is 0. The number of primary amides is 1. The van der Waals surface area contributed by atoms with Crippen molar-refractivity contribution in [1.82, 2.24) is 15.2 Å². The van der Waals surface area contributed by atoms with Gasteiger partial charge in [-0.1, -0.05) is 24.3 Å². The van der Waals surface area contributed by atoms with E-state index < -0.39 is 12.0 Å². The highest BCUT2D eigenvalue weighted by atomic mass is 16.3. The predicted octanol–water partition coefficient (Wildman–Crippen LogP) is 1.26. The van der Waals surface area contributed by atoms with Crippen molar-refractivity contribution in [1.29, 1.82) is 0 Å². The Morgan fingerprint density at radius 2 is 1.82 bits per heavy atom. The lowest BCUT2D eigenvalue weighted by Gasteiger charge is -2.32. The number of carbonyl (C=O) groups is 2. The summed E-state index contributed by atoms with van der Waals surface area (Å²) >= 11 is 0. The van der Waals surface area contributed by atoms with Gasteiger partial charge >= 0.3 is 0 Å². The number of fused-ring (bicyclic) bond motifs is 1. The van der Waals surface area contributed by atoms with Gasteiger partial charge in [0, 0.05) is 62.4 Å². The van der Waals surface area contributed by atoms with Crippen molar-refractivity contribution in [2.45, 2.75) is 57.2 Å². The van der Waals surface area contributed by atoms with Crippen LogP contribution in [0.25, 0.3) is 0 Å². The molecule has 2 aromatic rings. The highest BCUT2D eigenvalue weighted by Crippen LogP contribution is 2.24. The average molecular weight is 452 g/mol. The Labute approximate surface area is 194 Å². The number of rotatable bonds is 8. The second kappa shape index (κ2) is 10.3. The Balaban J connectivity index is 1.38. The number of likely N-dealkylation sites (tertiary alicyclic amines) is 1. The number of aliphatic hydroxyl groups is 1. The molecule has 176 valence electrons. The fraction of sp³-hybridized carbons (Fsp3) is 0.480. The van der Waals surface area contributed by atoms with Crippen molar-refractivity contribution in [3.8, 4) is 0 Å². The number of nitrogens with one attached hydrogen (secondary N) is 2. The van der Waals surface area contributed by atoms with Gasteiger partial charge in [0.05, 0.1) is 6.10 Å². The first kappa shape index (κ1) is 23.2. The van der Waals surface area contributed by atoms with Crippen LogP contribution in [0.1, 0.15) is 46.8 Å². The van der Waals surface area contributed by atoms with Crippen LogP contribution in [0, 0.1) is 0 Å². The number of hydrogen-bond acceptors (Lipinski definition) is 6. The van der Waals surface area contributed by atoms with Crippen LogP contribution in [-0.2, 0) is 24.1 Å². The molecule has 1 atom stereocenters. The average Bonchev–Trinajstić information content (AvgIpc) is 3.22. The fourth-order valence-electron chi connectivity index (χ4n) is 4.90. The number of pyridine rings is 1.